The van der Waals surface area contributed by atoms with Gasteiger partial charge in [-0.05, 0) is 39.9 Å². The highest BCUT2D eigenvalue weighted by Gasteiger charge is 2.40. The Hall–Kier alpha value is -0.120. The Morgan fingerprint density at radius 3 is 2.69 bits per heavy atom. The van der Waals surface area contributed by atoms with E-state index >= 15 is 0 Å². The second-order valence-electron chi connectivity index (χ2n) is 4.98. The largest absolute Gasteiger partial charge is 0.324 e. The number of nitrogens with zero attached hydrogens (tertiary/aromatic N) is 2. The van der Waals surface area contributed by atoms with Crippen molar-refractivity contribution in [2.45, 2.75) is 30.8 Å². The quantitative estimate of drug-likeness (QED) is 0.674. The third kappa shape index (κ3) is 2.22. The summed E-state index contributed by atoms with van der Waals surface area (Å²) >= 11 is 0. The van der Waals surface area contributed by atoms with Gasteiger partial charge in [0, 0.05) is 24.7 Å². The highest BCUT2D eigenvalue weighted by Crippen LogP contribution is 2.33. The van der Waals surface area contributed by atoms with Crippen LogP contribution in [0, 0.1) is 0 Å². The topological polar surface area (TPSA) is 32.5 Å². The number of hydrogen-bond acceptors (Lipinski definition) is 3. The highest BCUT2D eigenvalue weighted by molar-refractivity contribution is 5.01. The molecular weight excluding hydrogens is 162 g/mol. The van der Waals surface area contributed by atoms with Gasteiger partial charge in [0.05, 0.1) is 0 Å². The van der Waals surface area contributed by atoms with E-state index in [4.69, 9.17) is 5.73 Å². The maximum atomic E-state index is 6.09. The fourth-order valence-electron chi connectivity index (χ4n) is 2.22. The van der Waals surface area contributed by atoms with Crippen LogP contribution in [0.5, 0.6) is 0 Å². The Labute approximate surface area is 80.9 Å². The van der Waals surface area contributed by atoms with Crippen molar-refractivity contribution in [2.24, 2.45) is 5.73 Å². The van der Waals surface area contributed by atoms with Gasteiger partial charge in [-0.2, -0.15) is 0 Å². The molecule has 3 nitrogen and oxygen atoms in total. The fraction of sp³-hybridized carbons (Fsp3) is 1.00. The van der Waals surface area contributed by atoms with Crippen molar-refractivity contribution >= 4 is 0 Å². The Morgan fingerprint density at radius 1 is 1.54 bits per heavy atom. The maximum Gasteiger partial charge on any atom is 0.0284 e. The molecule has 1 unspecified atom stereocenters. The van der Waals surface area contributed by atoms with Gasteiger partial charge in [-0.1, -0.05) is 0 Å². The second-order valence-corrected chi connectivity index (χ2v) is 4.98. The molecule has 13 heavy (non-hydrogen) atoms. The molecular formula is C10H21N3. The first kappa shape index (κ1) is 9.44. The first-order chi connectivity index (χ1) is 6.09. The molecule has 2 N–H and O–H groups in total. The highest BCUT2D eigenvalue weighted by atomic mass is 15.2. The van der Waals surface area contributed by atoms with Gasteiger partial charge in [-0.25, -0.2) is 0 Å². The van der Waals surface area contributed by atoms with Crippen LogP contribution < -0.4 is 5.73 Å². The van der Waals surface area contributed by atoms with Gasteiger partial charge in [0.1, 0.15) is 0 Å². The van der Waals surface area contributed by atoms with Crippen LogP contribution in [0.1, 0.15) is 19.3 Å². The Bertz CT molecular complexity index is 189. The van der Waals surface area contributed by atoms with Crippen LogP contribution in [-0.4, -0.2) is 55.1 Å². The molecule has 0 bridgehead atoms. The summed E-state index contributed by atoms with van der Waals surface area (Å²) in [7, 11) is 4.42. The van der Waals surface area contributed by atoms with Crippen LogP contribution in [0.3, 0.4) is 0 Å². The first-order valence-electron chi connectivity index (χ1n) is 5.27. The molecule has 1 aliphatic carbocycles. The van der Waals surface area contributed by atoms with Gasteiger partial charge in [-0.15, -0.1) is 0 Å². The number of hydrogen-bond donors (Lipinski definition) is 1. The van der Waals surface area contributed by atoms with Crippen LogP contribution in [-0.2, 0) is 0 Å². The summed E-state index contributed by atoms with van der Waals surface area (Å²) in [6.07, 6.45) is 3.75. The fourth-order valence-corrected chi connectivity index (χ4v) is 2.22. The minimum Gasteiger partial charge on any atom is -0.324 e. The van der Waals surface area contributed by atoms with E-state index in [-0.39, 0.29) is 5.54 Å². The van der Waals surface area contributed by atoms with E-state index in [0.717, 1.165) is 12.6 Å². The van der Waals surface area contributed by atoms with Crippen LogP contribution in [0.25, 0.3) is 0 Å². The third-order valence-corrected chi connectivity index (χ3v) is 3.45. The lowest BCUT2D eigenvalue weighted by molar-refractivity contribution is 0.223. The van der Waals surface area contributed by atoms with Crippen molar-refractivity contribution in [1.82, 2.24) is 9.80 Å². The molecule has 0 aromatic heterocycles. The Kier molecular flexibility index (Phi) is 2.34. The van der Waals surface area contributed by atoms with E-state index in [1.54, 1.807) is 0 Å². The lowest BCUT2D eigenvalue weighted by Gasteiger charge is -2.26. The van der Waals surface area contributed by atoms with Crippen molar-refractivity contribution in [3.63, 3.8) is 0 Å². The molecule has 2 fully saturated rings. The molecule has 0 aromatic carbocycles. The normalized spacial score (nSPS) is 32.8. The standard InChI is InChI=1S/C10H21N3/c1-12-6-3-9(7-12)13(2)8-10(11)4-5-10/h9H,3-8,11H2,1-2H3. The zero-order valence-corrected chi connectivity index (χ0v) is 8.79. The zero-order chi connectivity index (χ0) is 9.47. The summed E-state index contributed by atoms with van der Waals surface area (Å²) in [5.74, 6) is 0. The molecule has 1 aliphatic heterocycles. The van der Waals surface area contributed by atoms with Gasteiger partial charge in [0.25, 0.3) is 0 Å². The first-order valence-corrected chi connectivity index (χ1v) is 5.27. The van der Waals surface area contributed by atoms with Gasteiger partial charge >= 0.3 is 0 Å². The Balaban J connectivity index is 1.79. The van der Waals surface area contributed by atoms with Gasteiger partial charge in [0.15, 0.2) is 0 Å². The summed E-state index contributed by atoms with van der Waals surface area (Å²) in [6.45, 7) is 3.55. The minimum atomic E-state index is 0.176. The smallest absolute Gasteiger partial charge is 0.0284 e. The van der Waals surface area contributed by atoms with Gasteiger partial charge < -0.3 is 15.5 Å². The molecule has 1 saturated carbocycles. The molecule has 2 aliphatic rings. The Morgan fingerprint density at radius 2 is 2.23 bits per heavy atom. The van der Waals surface area contributed by atoms with Gasteiger partial charge in [0.2, 0.25) is 0 Å². The zero-order valence-electron chi connectivity index (χ0n) is 8.79. The summed E-state index contributed by atoms with van der Waals surface area (Å²) < 4.78 is 0. The second kappa shape index (κ2) is 3.23. The molecule has 1 atom stereocenters. The minimum absolute atomic E-state index is 0.176. The average molecular weight is 183 g/mol. The van der Waals surface area contributed by atoms with Crippen molar-refractivity contribution < 1.29 is 0 Å². The molecule has 76 valence electrons. The summed E-state index contributed by atoms with van der Waals surface area (Å²) in [6, 6.07) is 0.742. The SMILES string of the molecule is CN1CCC(N(C)CC2(N)CC2)C1. The summed E-state index contributed by atoms with van der Waals surface area (Å²) in [5, 5.41) is 0. The van der Waals surface area contributed by atoms with Gasteiger partial charge in [-0.3, -0.25) is 0 Å². The average Bonchev–Trinajstić information content (AvgIpc) is 2.62. The lowest BCUT2D eigenvalue weighted by Crippen LogP contribution is -2.43. The molecule has 0 aromatic rings. The van der Waals surface area contributed by atoms with E-state index < -0.39 is 0 Å². The van der Waals surface area contributed by atoms with Crippen LogP contribution in [0.15, 0.2) is 0 Å². The summed E-state index contributed by atoms with van der Waals surface area (Å²) in [4.78, 5) is 4.85. The predicted octanol–water partition coefficient (Wildman–Crippen LogP) is 0.114. The molecule has 1 saturated heterocycles. The number of rotatable bonds is 3. The van der Waals surface area contributed by atoms with E-state index in [2.05, 4.69) is 23.9 Å². The van der Waals surface area contributed by atoms with Crippen LogP contribution in [0.4, 0.5) is 0 Å². The third-order valence-electron chi connectivity index (χ3n) is 3.45. The molecule has 3 heteroatoms. The van der Waals surface area contributed by atoms with E-state index in [0.29, 0.717) is 0 Å². The maximum absolute atomic E-state index is 6.09. The number of likely N-dealkylation sites (N-methyl/N-ethyl adjacent to an activating group) is 2. The van der Waals surface area contributed by atoms with E-state index in [1.165, 1.54) is 32.4 Å². The van der Waals surface area contributed by atoms with Crippen molar-refractivity contribution in [2.75, 3.05) is 33.7 Å². The molecule has 2 rings (SSSR count). The molecule has 0 radical (unpaired) electrons. The monoisotopic (exact) mass is 183 g/mol. The molecule has 0 amide bonds. The number of nitrogens with two attached hydrogens (primary N) is 1. The molecule has 1 heterocycles. The number of likely N-dealkylation sites (tertiary alicyclic amines) is 1. The van der Waals surface area contributed by atoms with Crippen LogP contribution >= 0.6 is 0 Å². The van der Waals surface area contributed by atoms with E-state index in [1.807, 2.05) is 0 Å². The molecule has 0 spiro atoms. The lowest BCUT2D eigenvalue weighted by atomic mass is 10.2. The van der Waals surface area contributed by atoms with Crippen molar-refractivity contribution in [1.29, 1.82) is 0 Å². The van der Waals surface area contributed by atoms with E-state index in [9.17, 15) is 0 Å². The van der Waals surface area contributed by atoms with Crippen molar-refractivity contribution in [3.8, 4) is 0 Å². The van der Waals surface area contributed by atoms with Crippen LogP contribution in [0.2, 0.25) is 0 Å². The van der Waals surface area contributed by atoms with Crippen molar-refractivity contribution in [3.05, 3.63) is 0 Å². The predicted molar refractivity (Wildman–Crippen MR) is 54.7 cm³/mol. The summed E-state index contributed by atoms with van der Waals surface area (Å²) in [5.41, 5.74) is 6.27.